The van der Waals surface area contributed by atoms with Crippen molar-refractivity contribution in [2.45, 2.75) is 45.1 Å². The number of rotatable bonds is 5. The maximum absolute atomic E-state index is 12.5. The topological polar surface area (TPSA) is 41.1 Å². The summed E-state index contributed by atoms with van der Waals surface area (Å²) < 4.78 is 0. The highest BCUT2D eigenvalue weighted by atomic mass is 35.5. The third-order valence-electron chi connectivity index (χ3n) is 3.96. The van der Waals surface area contributed by atoms with Gasteiger partial charge in [-0.15, -0.1) is 0 Å². The van der Waals surface area contributed by atoms with E-state index in [1.54, 1.807) is 12.1 Å². The molecule has 0 radical (unpaired) electrons. The number of nitrogens with one attached hydrogen (secondary N) is 2. The van der Waals surface area contributed by atoms with Gasteiger partial charge in [0.05, 0.1) is 5.56 Å². The molecule has 0 heterocycles. The van der Waals surface area contributed by atoms with Crippen LogP contribution in [0, 0.1) is 0 Å². The molecule has 104 valence electrons. The molecule has 0 spiro atoms. The number of amides is 1. The van der Waals surface area contributed by atoms with E-state index in [0.29, 0.717) is 10.6 Å². The van der Waals surface area contributed by atoms with Crippen LogP contribution in [0.1, 0.15) is 49.9 Å². The Hall–Kier alpha value is -1.22. The molecule has 4 heteroatoms. The highest BCUT2D eigenvalue weighted by molar-refractivity contribution is 6.31. The molecule has 2 N–H and O–H groups in total. The van der Waals surface area contributed by atoms with Crippen LogP contribution < -0.4 is 10.6 Å². The van der Waals surface area contributed by atoms with Gasteiger partial charge < -0.3 is 10.6 Å². The fourth-order valence-electron chi connectivity index (χ4n) is 2.53. The summed E-state index contributed by atoms with van der Waals surface area (Å²) in [5.74, 6) is -0.0278. The van der Waals surface area contributed by atoms with E-state index in [-0.39, 0.29) is 11.4 Å². The summed E-state index contributed by atoms with van der Waals surface area (Å²) in [6.45, 7) is 4.92. The maximum Gasteiger partial charge on any atom is 0.253 e. The molecular weight excluding hydrogens is 260 g/mol. The highest BCUT2D eigenvalue weighted by Gasteiger charge is 2.36. The minimum absolute atomic E-state index is 0.00286. The standard InChI is InChI=1S/C15H21ClN2O/c1-3-15(8-5-9-15)18-14(19)12-10-11(16)6-7-13(12)17-4-2/h6-7,10,17H,3-5,8-9H2,1-2H3,(H,18,19). The Bertz CT molecular complexity index is 464. The molecule has 1 fully saturated rings. The zero-order valence-corrected chi connectivity index (χ0v) is 12.3. The first-order valence-corrected chi connectivity index (χ1v) is 7.34. The summed E-state index contributed by atoms with van der Waals surface area (Å²) in [4.78, 5) is 12.5. The van der Waals surface area contributed by atoms with Crippen molar-refractivity contribution in [1.29, 1.82) is 0 Å². The van der Waals surface area contributed by atoms with E-state index in [1.807, 2.05) is 13.0 Å². The second-order valence-corrected chi connectivity index (χ2v) is 5.60. The molecule has 3 nitrogen and oxygen atoms in total. The van der Waals surface area contributed by atoms with Crippen molar-refractivity contribution >= 4 is 23.2 Å². The molecule has 0 bridgehead atoms. The van der Waals surface area contributed by atoms with Crippen LogP contribution in [0.4, 0.5) is 5.69 Å². The molecule has 0 aliphatic heterocycles. The number of benzene rings is 1. The average Bonchev–Trinajstić information content (AvgIpc) is 2.36. The van der Waals surface area contributed by atoms with E-state index in [0.717, 1.165) is 31.5 Å². The molecule has 0 unspecified atom stereocenters. The van der Waals surface area contributed by atoms with E-state index in [1.165, 1.54) is 6.42 Å². The Kier molecular flexibility index (Phi) is 4.35. The molecule has 1 aromatic carbocycles. The smallest absolute Gasteiger partial charge is 0.253 e. The predicted octanol–water partition coefficient (Wildman–Crippen LogP) is 3.83. The first-order valence-electron chi connectivity index (χ1n) is 6.96. The number of hydrogen-bond acceptors (Lipinski definition) is 2. The summed E-state index contributed by atoms with van der Waals surface area (Å²) in [5.41, 5.74) is 1.48. The maximum atomic E-state index is 12.5. The van der Waals surface area contributed by atoms with Crippen molar-refractivity contribution in [3.63, 3.8) is 0 Å². The van der Waals surface area contributed by atoms with E-state index in [9.17, 15) is 4.79 Å². The van der Waals surface area contributed by atoms with Crippen molar-refractivity contribution in [1.82, 2.24) is 5.32 Å². The van der Waals surface area contributed by atoms with Gasteiger partial charge >= 0.3 is 0 Å². The van der Waals surface area contributed by atoms with Gasteiger partial charge in [-0.1, -0.05) is 18.5 Å². The largest absolute Gasteiger partial charge is 0.385 e. The fraction of sp³-hybridized carbons (Fsp3) is 0.533. The van der Waals surface area contributed by atoms with Gasteiger partial charge in [0.1, 0.15) is 0 Å². The Morgan fingerprint density at radius 1 is 1.37 bits per heavy atom. The van der Waals surface area contributed by atoms with Crippen LogP contribution in [0.5, 0.6) is 0 Å². The van der Waals surface area contributed by atoms with E-state index in [4.69, 9.17) is 11.6 Å². The van der Waals surface area contributed by atoms with Crippen molar-refractivity contribution in [2.75, 3.05) is 11.9 Å². The highest BCUT2D eigenvalue weighted by Crippen LogP contribution is 2.35. The van der Waals surface area contributed by atoms with Crippen molar-refractivity contribution in [2.24, 2.45) is 0 Å². The SMILES string of the molecule is CCNc1ccc(Cl)cc1C(=O)NC1(CC)CCC1. The lowest BCUT2D eigenvalue weighted by Crippen LogP contribution is -2.53. The lowest BCUT2D eigenvalue weighted by atomic mass is 9.74. The zero-order chi connectivity index (χ0) is 13.9. The van der Waals surface area contributed by atoms with E-state index in [2.05, 4.69) is 17.6 Å². The molecule has 1 aliphatic rings. The quantitative estimate of drug-likeness (QED) is 0.860. The summed E-state index contributed by atoms with van der Waals surface area (Å²) in [5, 5.41) is 6.98. The van der Waals surface area contributed by atoms with E-state index < -0.39 is 0 Å². The first-order chi connectivity index (χ1) is 9.10. The molecular formula is C15H21ClN2O. The average molecular weight is 281 g/mol. The van der Waals surface area contributed by atoms with Gasteiger partial charge in [-0.25, -0.2) is 0 Å². The van der Waals surface area contributed by atoms with Crippen LogP contribution in [0.15, 0.2) is 18.2 Å². The van der Waals surface area contributed by atoms with Crippen LogP contribution in [-0.4, -0.2) is 18.0 Å². The van der Waals surface area contributed by atoms with Crippen LogP contribution in [0.2, 0.25) is 5.02 Å². The van der Waals surface area contributed by atoms with Gasteiger partial charge in [-0.05, 0) is 50.8 Å². The normalized spacial score (nSPS) is 16.6. The monoisotopic (exact) mass is 280 g/mol. The summed E-state index contributed by atoms with van der Waals surface area (Å²) in [7, 11) is 0. The van der Waals surface area contributed by atoms with Crippen LogP contribution >= 0.6 is 11.6 Å². The Morgan fingerprint density at radius 2 is 2.11 bits per heavy atom. The second-order valence-electron chi connectivity index (χ2n) is 5.16. The van der Waals surface area contributed by atoms with Crippen molar-refractivity contribution in [3.05, 3.63) is 28.8 Å². The molecule has 19 heavy (non-hydrogen) atoms. The number of anilines is 1. The fourth-order valence-corrected chi connectivity index (χ4v) is 2.70. The zero-order valence-electron chi connectivity index (χ0n) is 11.6. The van der Waals surface area contributed by atoms with Gasteiger partial charge in [0.25, 0.3) is 5.91 Å². The molecule has 0 atom stereocenters. The molecule has 0 aromatic heterocycles. The molecule has 1 aromatic rings. The van der Waals surface area contributed by atoms with Crippen LogP contribution in [0.25, 0.3) is 0 Å². The van der Waals surface area contributed by atoms with Crippen molar-refractivity contribution in [3.8, 4) is 0 Å². The second kappa shape index (κ2) is 5.83. The summed E-state index contributed by atoms with van der Waals surface area (Å²) in [6.07, 6.45) is 4.33. The van der Waals surface area contributed by atoms with Gasteiger partial charge in [0.2, 0.25) is 0 Å². The predicted molar refractivity (Wildman–Crippen MR) is 80.0 cm³/mol. The minimum Gasteiger partial charge on any atom is -0.385 e. The number of halogens is 1. The molecule has 0 saturated heterocycles. The van der Waals surface area contributed by atoms with Gasteiger partial charge in [-0.2, -0.15) is 0 Å². The van der Waals surface area contributed by atoms with E-state index >= 15 is 0 Å². The first kappa shape index (κ1) is 14.2. The third kappa shape index (κ3) is 3.03. The van der Waals surface area contributed by atoms with Crippen molar-refractivity contribution < 1.29 is 4.79 Å². The molecule has 1 aliphatic carbocycles. The van der Waals surface area contributed by atoms with Gasteiger partial charge in [-0.3, -0.25) is 4.79 Å². The lowest BCUT2D eigenvalue weighted by molar-refractivity contribution is 0.0821. The Balaban J connectivity index is 2.20. The van der Waals surface area contributed by atoms with Crippen LogP contribution in [0.3, 0.4) is 0 Å². The lowest BCUT2D eigenvalue weighted by Gasteiger charge is -2.42. The summed E-state index contributed by atoms with van der Waals surface area (Å²) >= 11 is 6.01. The number of hydrogen-bond donors (Lipinski definition) is 2. The number of carbonyl (C=O) groups is 1. The van der Waals surface area contributed by atoms with Gasteiger partial charge in [0.15, 0.2) is 0 Å². The Morgan fingerprint density at radius 3 is 2.63 bits per heavy atom. The Labute approximate surface area is 119 Å². The van der Waals surface area contributed by atoms with Gasteiger partial charge in [0, 0.05) is 22.8 Å². The third-order valence-corrected chi connectivity index (χ3v) is 4.19. The number of carbonyl (C=O) groups excluding carboxylic acids is 1. The molecule has 1 saturated carbocycles. The summed E-state index contributed by atoms with van der Waals surface area (Å²) in [6, 6.07) is 5.40. The molecule has 1 amide bonds. The molecule has 2 rings (SSSR count). The minimum atomic E-state index is -0.0278. The van der Waals surface area contributed by atoms with Crippen LogP contribution in [-0.2, 0) is 0 Å².